The van der Waals surface area contributed by atoms with Crippen LogP contribution < -0.4 is 11.1 Å². The molecule has 0 aliphatic heterocycles. The number of phenolic OH excluding ortho intramolecular Hbond substituents is 1. The zero-order valence-corrected chi connectivity index (χ0v) is 10.5. The summed E-state index contributed by atoms with van der Waals surface area (Å²) in [5, 5.41) is 11.7. The van der Waals surface area contributed by atoms with Crippen molar-refractivity contribution in [1.29, 1.82) is 0 Å². The van der Waals surface area contributed by atoms with Gasteiger partial charge in [0.2, 0.25) is 5.91 Å². The quantitative estimate of drug-likeness (QED) is 0.767. The highest BCUT2D eigenvalue weighted by Crippen LogP contribution is 2.12. The summed E-state index contributed by atoms with van der Waals surface area (Å²) in [4.78, 5) is 15.8. The molecular formula is C13H15N3O3. The van der Waals surface area contributed by atoms with Gasteiger partial charge in [0.15, 0.2) is 0 Å². The molecule has 0 saturated carbocycles. The van der Waals surface area contributed by atoms with Crippen LogP contribution in [0.15, 0.2) is 34.9 Å². The predicted octanol–water partition coefficient (Wildman–Crippen LogP) is 1.20. The third-order valence-electron chi connectivity index (χ3n) is 2.58. The maximum Gasteiger partial charge on any atom is 0.301 e. The van der Waals surface area contributed by atoms with E-state index in [2.05, 4.69) is 10.3 Å². The highest BCUT2D eigenvalue weighted by molar-refractivity contribution is 5.93. The zero-order valence-electron chi connectivity index (χ0n) is 10.5. The summed E-state index contributed by atoms with van der Waals surface area (Å²) in [6.07, 6.45) is 1.81. The van der Waals surface area contributed by atoms with Crippen molar-refractivity contribution >= 4 is 11.9 Å². The number of rotatable bonds is 4. The number of carbonyl (C=O) groups excluding carboxylic acids is 1. The summed E-state index contributed by atoms with van der Waals surface area (Å²) in [7, 11) is 0. The van der Waals surface area contributed by atoms with E-state index in [-0.39, 0.29) is 17.7 Å². The molecule has 2 rings (SSSR count). The van der Waals surface area contributed by atoms with Crippen LogP contribution in [0.3, 0.4) is 0 Å². The Morgan fingerprint density at radius 1 is 1.47 bits per heavy atom. The molecule has 0 saturated heterocycles. The molecule has 6 heteroatoms. The van der Waals surface area contributed by atoms with Crippen LogP contribution in [-0.2, 0) is 11.2 Å². The second-order valence-corrected chi connectivity index (χ2v) is 4.26. The number of nitrogens with two attached hydrogens (primary N) is 1. The molecule has 1 aromatic heterocycles. The second kappa shape index (κ2) is 5.53. The van der Waals surface area contributed by atoms with Crippen molar-refractivity contribution in [3.8, 4) is 5.75 Å². The van der Waals surface area contributed by atoms with Gasteiger partial charge >= 0.3 is 6.01 Å². The Kier molecular flexibility index (Phi) is 3.82. The molecule has 1 aromatic carbocycles. The first-order valence-electron chi connectivity index (χ1n) is 5.81. The van der Waals surface area contributed by atoms with Crippen molar-refractivity contribution < 1.29 is 14.3 Å². The van der Waals surface area contributed by atoms with E-state index in [4.69, 9.17) is 15.3 Å². The summed E-state index contributed by atoms with van der Waals surface area (Å²) < 4.78 is 5.02. The molecular weight excluding hydrogens is 246 g/mol. The Morgan fingerprint density at radius 3 is 2.74 bits per heavy atom. The summed E-state index contributed by atoms with van der Waals surface area (Å²) in [6.45, 7) is 1.76. The molecule has 0 unspecified atom stereocenters. The summed E-state index contributed by atoms with van der Waals surface area (Å²) in [5.74, 6) is -0.188. The monoisotopic (exact) mass is 261 g/mol. The Morgan fingerprint density at radius 2 is 2.16 bits per heavy atom. The fourth-order valence-electron chi connectivity index (χ4n) is 1.59. The van der Waals surface area contributed by atoms with Gasteiger partial charge in [-0.25, -0.2) is 0 Å². The number of hydrogen-bond acceptors (Lipinski definition) is 5. The van der Waals surface area contributed by atoms with Crippen LogP contribution in [0.4, 0.5) is 6.01 Å². The fraction of sp³-hybridized carbons (Fsp3) is 0.231. The first-order valence-corrected chi connectivity index (χ1v) is 5.81. The van der Waals surface area contributed by atoms with E-state index in [0.29, 0.717) is 12.1 Å². The number of benzene rings is 1. The lowest BCUT2D eigenvalue weighted by atomic mass is 10.1. The Hall–Kier alpha value is -2.34. The van der Waals surface area contributed by atoms with Crippen LogP contribution in [0.2, 0.25) is 0 Å². The Bertz CT molecular complexity index is 563. The van der Waals surface area contributed by atoms with Crippen molar-refractivity contribution in [2.45, 2.75) is 19.4 Å². The van der Waals surface area contributed by atoms with Crippen molar-refractivity contribution in [1.82, 2.24) is 4.98 Å². The molecule has 19 heavy (non-hydrogen) atoms. The van der Waals surface area contributed by atoms with E-state index in [1.54, 1.807) is 31.2 Å². The van der Waals surface area contributed by atoms with Crippen LogP contribution in [-0.4, -0.2) is 22.0 Å². The lowest BCUT2D eigenvalue weighted by molar-refractivity contribution is -0.117. The lowest BCUT2D eigenvalue weighted by Gasteiger charge is -2.10. The minimum absolute atomic E-state index is 0.142. The molecule has 1 amide bonds. The standard InChI is InChI=1S/C13H15N3O3/c1-8-7-19-13(15-8)16-12(18)11(14)6-9-2-4-10(17)5-3-9/h2-5,7,11,17H,6,14H2,1H3,(H,15,16,18)/t11-/m1/s1. The number of aromatic hydroxyl groups is 1. The molecule has 1 atom stereocenters. The molecule has 0 aliphatic rings. The first kappa shape index (κ1) is 13.1. The number of aromatic nitrogens is 1. The minimum atomic E-state index is -0.711. The third-order valence-corrected chi connectivity index (χ3v) is 2.58. The molecule has 0 radical (unpaired) electrons. The van der Waals surface area contributed by atoms with Crippen LogP contribution >= 0.6 is 0 Å². The number of nitrogens with zero attached hydrogens (tertiary/aromatic N) is 1. The highest BCUT2D eigenvalue weighted by atomic mass is 16.4. The molecule has 6 nitrogen and oxygen atoms in total. The zero-order chi connectivity index (χ0) is 13.8. The van der Waals surface area contributed by atoms with Gasteiger partial charge in [-0.15, -0.1) is 0 Å². The van der Waals surface area contributed by atoms with E-state index in [9.17, 15) is 4.79 Å². The van der Waals surface area contributed by atoms with Gasteiger partial charge < -0.3 is 15.3 Å². The van der Waals surface area contributed by atoms with E-state index < -0.39 is 6.04 Å². The number of nitrogens with one attached hydrogen (secondary N) is 1. The molecule has 1 heterocycles. The molecule has 100 valence electrons. The smallest absolute Gasteiger partial charge is 0.301 e. The molecule has 0 aliphatic carbocycles. The molecule has 0 fully saturated rings. The molecule has 0 bridgehead atoms. The second-order valence-electron chi connectivity index (χ2n) is 4.26. The van der Waals surface area contributed by atoms with Crippen molar-refractivity contribution in [2.75, 3.05) is 5.32 Å². The van der Waals surface area contributed by atoms with Crippen molar-refractivity contribution in [2.24, 2.45) is 5.73 Å². The predicted molar refractivity (Wildman–Crippen MR) is 69.7 cm³/mol. The SMILES string of the molecule is Cc1coc(NC(=O)[C@H](N)Cc2ccc(O)cc2)n1. The topological polar surface area (TPSA) is 101 Å². The third kappa shape index (κ3) is 3.56. The van der Waals surface area contributed by atoms with E-state index >= 15 is 0 Å². The number of aryl methyl sites for hydroxylation is 1. The average molecular weight is 261 g/mol. The number of anilines is 1. The summed E-state index contributed by atoms with van der Waals surface area (Å²) in [6, 6.07) is 5.98. The van der Waals surface area contributed by atoms with Crippen LogP contribution in [0.25, 0.3) is 0 Å². The molecule has 2 aromatic rings. The number of hydrogen-bond donors (Lipinski definition) is 3. The number of carbonyl (C=O) groups is 1. The van der Waals surface area contributed by atoms with Crippen LogP contribution in [0.5, 0.6) is 5.75 Å². The van der Waals surface area contributed by atoms with Gasteiger partial charge in [-0.2, -0.15) is 4.98 Å². The lowest BCUT2D eigenvalue weighted by Crippen LogP contribution is -2.37. The molecule has 4 N–H and O–H groups in total. The normalized spacial score (nSPS) is 12.1. The van der Waals surface area contributed by atoms with E-state index in [1.165, 1.54) is 6.26 Å². The minimum Gasteiger partial charge on any atom is -0.508 e. The average Bonchev–Trinajstić information content (AvgIpc) is 2.77. The van der Waals surface area contributed by atoms with Crippen LogP contribution in [0.1, 0.15) is 11.3 Å². The summed E-state index contributed by atoms with van der Waals surface area (Å²) in [5.41, 5.74) is 7.35. The van der Waals surface area contributed by atoms with Gasteiger partial charge in [-0.3, -0.25) is 10.1 Å². The van der Waals surface area contributed by atoms with Crippen LogP contribution in [0, 0.1) is 6.92 Å². The Balaban J connectivity index is 1.94. The molecule has 0 spiro atoms. The van der Waals surface area contributed by atoms with Crippen molar-refractivity contribution in [3.63, 3.8) is 0 Å². The van der Waals surface area contributed by atoms with Gasteiger partial charge in [0.1, 0.15) is 12.0 Å². The highest BCUT2D eigenvalue weighted by Gasteiger charge is 2.16. The number of amides is 1. The number of phenols is 1. The first-order chi connectivity index (χ1) is 9.04. The summed E-state index contributed by atoms with van der Waals surface area (Å²) >= 11 is 0. The fourth-order valence-corrected chi connectivity index (χ4v) is 1.59. The van der Waals surface area contributed by atoms with E-state index in [1.807, 2.05) is 0 Å². The van der Waals surface area contributed by atoms with Gasteiger partial charge in [0, 0.05) is 0 Å². The van der Waals surface area contributed by atoms with Gasteiger partial charge in [-0.1, -0.05) is 12.1 Å². The largest absolute Gasteiger partial charge is 0.508 e. The maximum absolute atomic E-state index is 11.8. The van der Waals surface area contributed by atoms with Crippen molar-refractivity contribution in [3.05, 3.63) is 41.8 Å². The van der Waals surface area contributed by atoms with Gasteiger partial charge in [0.25, 0.3) is 0 Å². The maximum atomic E-state index is 11.8. The number of oxazole rings is 1. The van der Waals surface area contributed by atoms with Gasteiger partial charge in [0.05, 0.1) is 11.7 Å². The van der Waals surface area contributed by atoms with E-state index in [0.717, 1.165) is 5.56 Å². The Labute approximate surface area is 110 Å². The van der Waals surface area contributed by atoms with Gasteiger partial charge in [-0.05, 0) is 31.0 Å².